The van der Waals surface area contributed by atoms with Gasteiger partial charge in [-0.05, 0) is 18.1 Å². The third kappa shape index (κ3) is 5.63. The van der Waals surface area contributed by atoms with Gasteiger partial charge in [0.05, 0.1) is 12.6 Å². The number of aryl methyl sites for hydroxylation is 1. The molecule has 0 saturated carbocycles. The minimum absolute atomic E-state index is 0.219. The second-order valence-electron chi connectivity index (χ2n) is 7.05. The van der Waals surface area contributed by atoms with E-state index >= 15 is 0 Å². The van der Waals surface area contributed by atoms with Gasteiger partial charge in [-0.2, -0.15) is 0 Å². The van der Waals surface area contributed by atoms with Gasteiger partial charge in [-0.1, -0.05) is 60.2 Å². The summed E-state index contributed by atoms with van der Waals surface area (Å²) in [5, 5.41) is 8.63. The van der Waals surface area contributed by atoms with Gasteiger partial charge in [-0.3, -0.25) is 9.80 Å². The van der Waals surface area contributed by atoms with E-state index in [1.807, 2.05) is 0 Å². The molecule has 2 aromatic rings. The van der Waals surface area contributed by atoms with Crippen molar-refractivity contribution in [3.63, 3.8) is 0 Å². The molecule has 0 unspecified atom stereocenters. The molecule has 5 nitrogen and oxygen atoms in total. The fourth-order valence-corrected chi connectivity index (χ4v) is 3.60. The highest BCUT2D eigenvalue weighted by Crippen LogP contribution is 2.29. The van der Waals surface area contributed by atoms with Crippen LogP contribution in [-0.4, -0.2) is 66.8 Å². The van der Waals surface area contributed by atoms with Crippen molar-refractivity contribution < 1.29 is 14.6 Å². The van der Waals surface area contributed by atoms with Crippen molar-refractivity contribution >= 4 is 5.97 Å². The van der Waals surface area contributed by atoms with Crippen LogP contribution in [0.1, 0.15) is 22.7 Å². The maximum absolute atomic E-state index is 10.5. The Balaban J connectivity index is 1.63. The van der Waals surface area contributed by atoms with Crippen LogP contribution in [0.3, 0.4) is 0 Å². The van der Waals surface area contributed by atoms with Crippen LogP contribution < -0.4 is 0 Å². The first-order valence-corrected chi connectivity index (χ1v) is 9.51. The average molecular weight is 368 g/mol. The number of carboxylic acid groups (broad SMARTS) is 1. The molecule has 2 aromatic carbocycles. The quantitative estimate of drug-likeness (QED) is 0.726. The molecule has 5 heteroatoms. The number of piperazine rings is 1. The van der Waals surface area contributed by atoms with Crippen LogP contribution in [0.15, 0.2) is 54.6 Å². The summed E-state index contributed by atoms with van der Waals surface area (Å²) < 4.78 is 5.17. The van der Waals surface area contributed by atoms with Gasteiger partial charge in [-0.15, -0.1) is 0 Å². The maximum atomic E-state index is 10.5. The lowest BCUT2D eigenvalue weighted by Crippen LogP contribution is -2.48. The number of rotatable bonds is 8. The van der Waals surface area contributed by atoms with E-state index < -0.39 is 5.97 Å². The van der Waals surface area contributed by atoms with Crippen LogP contribution in [0.4, 0.5) is 0 Å². The van der Waals surface area contributed by atoms with Crippen molar-refractivity contribution in [2.45, 2.75) is 13.0 Å². The van der Waals surface area contributed by atoms with Crippen LogP contribution in [0.25, 0.3) is 0 Å². The molecule has 0 aromatic heterocycles. The molecule has 1 atom stereocenters. The summed E-state index contributed by atoms with van der Waals surface area (Å²) in [6, 6.07) is 19.8. The molecule has 1 aliphatic heterocycles. The van der Waals surface area contributed by atoms with Crippen molar-refractivity contribution in [2.24, 2.45) is 0 Å². The molecular formula is C22H28N2O3. The summed E-state index contributed by atoms with van der Waals surface area (Å²) in [6.45, 7) is 7.03. The lowest BCUT2D eigenvalue weighted by Gasteiger charge is -2.39. The molecule has 27 heavy (non-hydrogen) atoms. The van der Waals surface area contributed by atoms with E-state index in [0.29, 0.717) is 6.61 Å². The monoisotopic (exact) mass is 368 g/mol. The minimum Gasteiger partial charge on any atom is -0.480 e. The minimum atomic E-state index is -0.913. The maximum Gasteiger partial charge on any atom is 0.329 e. The van der Waals surface area contributed by atoms with E-state index in [2.05, 4.69) is 71.3 Å². The Labute approximate surface area is 161 Å². The van der Waals surface area contributed by atoms with Crippen molar-refractivity contribution in [1.82, 2.24) is 9.80 Å². The molecule has 1 saturated heterocycles. The summed E-state index contributed by atoms with van der Waals surface area (Å²) in [5.41, 5.74) is 3.92. The van der Waals surface area contributed by atoms with Gasteiger partial charge in [0.2, 0.25) is 0 Å². The standard InChI is InChI=1S/C22H28N2O3/c1-18-7-9-20(10-8-18)22(19-5-3-2-4-6-19)24-13-11-23(12-14-24)15-16-27-17-21(25)26/h2-10,22H,11-17H2,1H3,(H,25,26)/t22-/m1/s1. The van der Waals surface area contributed by atoms with Crippen LogP contribution >= 0.6 is 0 Å². The largest absolute Gasteiger partial charge is 0.480 e. The number of carbonyl (C=O) groups is 1. The lowest BCUT2D eigenvalue weighted by atomic mass is 9.95. The van der Waals surface area contributed by atoms with Gasteiger partial charge < -0.3 is 9.84 Å². The predicted octanol–water partition coefficient (Wildman–Crippen LogP) is 2.80. The van der Waals surface area contributed by atoms with Gasteiger partial charge >= 0.3 is 5.97 Å². The Kier molecular flexibility index (Phi) is 6.98. The molecule has 1 aliphatic rings. The molecule has 1 heterocycles. The predicted molar refractivity (Wildman–Crippen MR) is 106 cm³/mol. The van der Waals surface area contributed by atoms with Gasteiger partial charge in [0.15, 0.2) is 0 Å². The zero-order chi connectivity index (χ0) is 19.1. The number of nitrogens with zero attached hydrogens (tertiary/aromatic N) is 2. The van der Waals surface area contributed by atoms with E-state index in [1.165, 1.54) is 16.7 Å². The molecule has 0 spiro atoms. The first kappa shape index (κ1) is 19.5. The van der Waals surface area contributed by atoms with Crippen LogP contribution in [0, 0.1) is 6.92 Å². The molecule has 0 bridgehead atoms. The second-order valence-corrected chi connectivity index (χ2v) is 7.05. The Morgan fingerprint density at radius 1 is 1.00 bits per heavy atom. The van der Waals surface area contributed by atoms with Crippen molar-refractivity contribution in [2.75, 3.05) is 45.9 Å². The first-order valence-electron chi connectivity index (χ1n) is 9.51. The van der Waals surface area contributed by atoms with Crippen molar-refractivity contribution in [3.05, 3.63) is 71.3 Å². The molecule has 0 radical (unpaired) electrons. The lowest BCUT2D eigenvalue weighted by molar-refractivity contribution is -0.142. The van der Waals surface area contributed by atoms with Crippen LogP contribution in [-0.2, 0) is 9.53 Å². The Morgan fingerprint density at radius 3 is 2.26 bits per heavy atom. The summed E-state index contributed by atoms with van der Waals surface area (Å²) >= 11 is 0. The Morgan fingerprint density at radius 2 is 1.63 bits per heavy atom. The normalized spacial score (nSPS) is 16.9. The Hall–Kier alpha value is -2.21. The fraction of sp³-hybridized carbons (Fsp3) is 0.409. The second kappa shape index (κ2) is 9.65. The summed E-state index contributed by atoms with van der Waals surface area (Å²) in [7, 11) is 0. The number of benzene rings is 2. The molecule has 0 aliphatic carbocycles. The smallest absolute Gasteiger partial charge is 0.329 e. The SMILES string of the molecule is Cc1ccc([C@@H](c2ccccc2)N2CCN(CCOCC(=O)O)CC2)cc1. The summed E-state index contributed by atoms with van der Waals surface area (Å²) in [6.07, 6.45) is 0. The molecule has 3 rings (SSSR count). The van der Waals surface area contributed by atoms with E-state index in [1.54, 1.807) is 0 Å². The highest BCUT2D eigenvalue weighted by Gasteiger charge is 2.26. The van der Waals surface area contributed by atoms with Crippen LogP contribution in [0.2, 0.25) is 0 Å². The van der Waals surface area contributed by atoms with E-state index in [9.17, 15) is 4.79 Å². The topological polar surface area (TPSA) is 53.0 Å². The van der Waals surface area contributed by atoms with Crippen molar-refractivity contribution in [3.8, 4) is 0 Å². The van der Waals surface area contributed by atoms with E-state index in [0.717, 1.165) is 32.7 Å². The van der Waals surface area contributed by atoms with E-state index in [-0.39, 0.29) is 12.6 Å². The van der Waals surface area contributed by atoms with Crippen molar-refractivity contribution in [1.29, 1.82) is 0 Å². The van der Waals surface area contributed by atoms with Gasteiger partial charge in [0, 0.05) is 32.7 Å². The van der Waals surface area contributed by atoms with Gasteiger partial charge in [-0.25, -0.2) is 4.79 Å². The molecular weight excluding hydrogens is 340 g/mol. The van der Waals surface area contributed by atoms with Crippen LogP contribution in [0.5, 0.6) is 0 Å². The molecule has 1 N–H and O–H groups in total. The van der Waals surface area contributed by atoms with E-state index in [4.69, 9.17) is 9.84 Å². The highest BCUT2D eigenvalue weighted by atomic mass is 16.5. The highest BCUT2D eigenvalue weighted by molar-refractivity contribution is 5.67. The number of ether oxygens (including phenoxy) is 1. The molecule has 144 valence electrons. The number of hydrogen-bond acceptors (Lipinski definition) is 4. The molecule has 0 amide bonds. The summed E-state index contributed by atoms with van der Waals surface area (Å²) in [4.78, 5) is 15.4. The average Bonchev–Trinajstić information content (AvgIpc) is 2.69. The zero-order valence-corrected chi connectivity index (χ0v) is 15.9. The number of hydrogen-bond donors (Lipinski definition) is 1. The number of carboxylic acids is 1. The zero-order valence-electron chi connectivity index (χ0n) is 15.9. The Bertz CT molecular complexity index is 710. The first-order chi connectivity index (χ1) is 13.1. The summed E-state index contributed by atoms with van der Waals surface area (Å²) in [5.74, 6) is -0.913. The fourth-order valence-electron chi connectivity index (χ4n) is 3.60. The number of aliphatic carboxylic acids is 1. The van der Waals surface area contributed by atoms with Gasteiger partial charge in [0.1, 0.15) is 6.61 Å². The van der Waals surface area contributed by atoms with Gasteiger partial charge in [0.25, 0.3) is 0 Å². The third-order valence-electron chi connectivity index (χ3n) is 5.06. The third-order valence-corrected chi connectivity index (χ3v) is 5.06. The molecule has 1 fully saturated rings.